The molecule has 3 rings (SSSR count). The van der Waals surface area contributed by atoms with Crippen LogP contribution in [0.5, 0.6) is 0 Å². The van der Waals surface area contributed by atoms with Crippen molar-refractivity contribution in [3.8, 4) is 0 Å². The maximum Gasteiger partial charge on any atom is 0.307 e. The molecule has 0 aromatic rings. The molecule has 2 bridgehead atoms. The van der Waals surface area contributed by atoms with Gasteiger partial charge in [0.2, 0.25) is 0 Å². The van der Waals surface area contributed by atoms with Gasteiger partial charge in [-0.05, 0) is 69.9 Å². The van der Waals surface area contributed by atoms with E-state index in [1.165, 1.54) is 38.5 Å². The van der Waals surface area contributed by atoms with Crippen molar-refractivity contribution in [1.82, 2.24) is 4.90 Å². The van der Waals surface area contributed by atoms with Gasteiger partial charge >= 0.3 is 5.97 Å². The van der Waals surface area contributed by atoms with Crippen molar-refractivity contribution in [2.24, 2.45) is 11.8 Å². The summed E-state index contributed by atoms with van der Waals surface area (Å²) in [6.07, 6.45) is 10.6. The maximum absolute atomic E-state index is 12.2. The highest BCUT2D eigenvalue weighted by Crippen LogP contribution is 2.54. The first kappa shape index (κ1) is 14.4. The summed E-state index contributed by atoms with van der Waals surface area (Å²) >= 11 is 0. The Balaban J connectivity index is 1.48. The molecule has 0 aromatic carbocycles. The average Bonchev–Trinajstić information content (AvgIpc) is 3.07. The first-order valence-corrected chi connectivity index (χ1v) is 8.66. The Bertz CT molecular complexity index is 351. The largest absolute Gasteiger partial charge is 0.459 e. The molecule has 2 aliphatic carbocycles. The van der Waals surface area contributed by atoms with Gasteiger partial charge in [0.15, 0.2) is 0 Å². The van der Waals surface area contributed by atoms with E-state index in [-0.39, 0.29) is 11.6 Å². The lowest BCUT2D eigenvalue weighted by atomic mass is 9.82. The molecule has 20 heavy (non-hydrogen) atoms. The smallest absolute Gasteiger partial charge is 0.307 e. The zero-order valence-corrected chi connectivity index (χ0v) is 12.9. The van der Waals surface area contributed by atoms with E-state index in [2.05, 4.69) is 11.8 Å². The fraction of sp³-hybridized carbons (Fsp3) is 0.941. The Morgan fingerprint density at radius 3 is 2.65 bits per heavy atom. The van der Waals surface area contributed by atoms with Crippen LogP contribution in [0.2, 0.25) is 0 Å². The topological polar surface area (TPSA) is 29.5 Å². The molecular formula is C17H29NO2. The molecule has 0 amide bonds. The number of likely N-dealkylation sites (tertiary alicyclic amines) is 1. The quantitative estimate of drug-likeness (QED) is 0.723. The molecular weight excluding hydrogens is 250 g/mol. The van der Waals surface area contributed by atoms with E-state index < -0.39 is 0 Å². The summed E-state index contributed by atoms with van der Waals surface area (Å²) in [5.74, 6) is 1.52. The molecule has 3 heteroatoms. The van der Waals surface area contributed by atoms with E-state index in [4.69, 9.17) is 4.74 Å². The molecule has 3 fully saturated rings. The predicted molar refractivity (Wildman–Crippen MR) is 79.5 cm³/mol. The van der Waals surface area contributed by atoms with Crippen molar-refractivity contribution in [3.05, 3.63) is 0 Å². The first-order valence-electron chi connectivity index (χ1n) is 8.66. The van der Waals surface area contributed by atoms with E-state index in [9.17, 15) is 4.79 Å². The highest BCUT2D eigenvalue weighted by molar-refractivity contribution is 5.70. The van der Waals surface area contributed by atoms with E-state index in [0.29, 0.717) is 12.3 Å². The SMILES string of the molecule is CCC1(OC(=O)CCN2CCCCC2)CC2CCC1C2. The van der Waals surface area contributed by atoms with Crippen molar-refractivity contribution in [2.75, 3.05) is 19.6 Å². The normalized spacial score (nSPS) is 37.2. The maximum atomic E-state index is 12.2. The molecule has 1 aliphatic heterocycles. The lowest BCUT2D eigenvalue weighted by Crippen LogP contribution is -2.40. The summed E-state index contributed by atoms with van der Waals surface area (Å²) in [7, 11) is 0. The summed E-state index contributed by atoms with van der Waals surface area (Å²) in [5, 5.41) is 0. The molecule has 3 aliphatic rings. The molecule has 3 unspecified atom stereocenters. The molecule has 0 aromatic heterocycles. The van der Waals surface area contributed by atoms with Crippen molar-refractivity contribution in [3.63, 3.8) is 0 Å². The van der Waals surface area contributed by atoms with Crippen molar-refractivity contribution >= 4 is 5.97 Å². The third-order valence-corrected chi connectivity index (χ3v) is 5.92. The lowest BCUT2D eigenvalue weighted by Gasteiger charge is -2.36. The molecule has 1 saturated heterocycles. The highest BCUT2D eigenvalue weighted by Gasteiger charge is 2.52. The number of piperidine rings is 1. The van der Waals surface area contributed by atoms with E-state index in [1.54, 1.807) is 0 Å². The molecule has 2 saturated carbocycles. The van der Waals surface area contributed by atoms with Gasteiger partial charge in [-0.2, -0.15) is 0 Å². The number of carbonyl (C=O) groups is 1. The van der Waals surface area contributed by atoms with Crippen LogP contribution in [0.15, 0.2) is 0 Å². The minimum absolute atomic E-state index is 0.0463. The van der Waals surface area contributed by atoms with Gasteiger partial charge in [-0.15, -0.1) is 0 Å². The second-order valence-corrected chi connectivity index (χ2v) is 7.12. The molecule has 1 heterocycles. The number of rotatable bonds is 5. The second-order valence-electron chi connectivity index (χ2n) is 7.12. The second kappa shape index (κ2) is 6.05. The molecule has 114 valence electrons. The molecule has 0 radical (unpaired) electrons. The third kappa shape index (κ3) is 2.88. The Kier molecular flexibility index (Phi) is 4.34. The fourth-order valence-electron chi connectivity index (χ4n) is 4.73. The molecule has 3 nitrogen and oxygen atoms in total. The van der Waals surface area contributed by atoms with Crippen LogP contribution in [-0.2, 0) is 9.53 Å². The standard InChI is InChI=1S/C17H29NO2/c1-2-17(13-14-6-7-15(17)12-14)20-16(19)8-11-18-9-4-3-5-10-18/h14-15H,2-13H2,1H3. The average molecular weight is 279 g/mol. The number of hydrogen-bond acceptors (Lipinski definition) is 3. The van der Waals surface area contributed by atoms with Gasteiger partial charge in [0.25, 0.3) is 0 Å². The number of hydrogen-bond donors (Lipinski definition) is 0. The minimum Gasteiger partial charge on any atom is -0.459 e. The lowest BCUT2D eigenvalue weighted by molar-refractivity contribution is -0.166. The summed E-state index contributed by atoms with van der Waals surface area (Å²) in [6.45, 7) is 5.42. The van der Waals surface area contributed by atoms with Crippen molar-refractivity contribution < 1.29 is 9.53 Å². The van der Waals surface area contributed by atoms with Crippen molar-refractivity contribution in [1.29, 1.82) is 0 Å². The Morgan fingerprint density at radius 1 is 1.25 bits per heavy atom. The summed E-state index contributed by atoms with van der Waals surface area (Å²) < 4.78 is 6.01. The van der Waals surface area contributed by atoms with Gasteiger partial charge < -0.3 is 9.64 Å². The van der Waals surface area contributed by atoms with Gasteiger partial charge in [0.1, 0.15) is 5.60 Å². The van der Waals surface area contributed by atoms with Crippen molar-refractivity contribution in [2.45, 2.75) is 70.3 Å². The van der Waals surface area contributed by atoms with Gasteiger partial charge in [-0.25, -0.2) is 0 Å². The van der Waals surface area contributed by atoms with Crippen LogP contribution < -0.4 is 0 Å². The number of nitrogens with zero attached hydrogens (tertiary/aromatic N) is 1. The summed E-state index contributed by atoms with van der Waals surface area (Å²) in [5.41, 5.74) is -0.0953. The van der Waals surface area contributed by atoms with Crippen LogP contribution in [0.4, 0.5) is 0 Å². The van der Waals surface area contributed by atoms with Crippen LogP contribution in [0.1, 0.15) is 64.7 Å². The Labute approximate surface area is 123 Å². The molecule has 0 spiro atoms. The first-order chi connectivity index (χ1) is 9.72. The molecule has 0 N–H and O–H groups in total. The third-order valence-electron chi connectivity index (χ3n) is 5.92. The number of esters is 1. The van der Waals surface area contributed by atoms with E-state index >= 15 is 0 Å². The van der Waals surface area contributed by atoms with E-state index in [0.717, 1.165) is 38.4 Å². The summed E-state index contributed by atoms with van der Waals surface area (Å²) in [4.78, 5) is 14.7. The van der Waals surface area contributed by atoms with Crippen LogP contribution in [0.25, 0.3) is 0 Å². The number of ether oxygens (including phenoxy) is 1. The van der Waals surface area contributed by atoms with Crippen LogP contribution in [0, 0.1) is 11.8 Å². The van der Waals surface area contributed by atoms with Gasteiger partial charge in [0.05, 0.1) is 6.42 Å². The Hall–Kier alpha value is -0.570. The van der Waals surface area contributed by atoms with Crippen LogP contribution in [-0.4, -0.2) is 36.1 Å². The predicted octanol–water partition coefficient (Wildman–Crippen LogP) is 3.37. The minimum atomic E-state index is -0.0953. The zero-order chi connectivity index (χ0) is 14.0. The number of fused-ring (bicyclic) bond motifs is 2. The van der Waals surface area contributed by atoms with Crippen LogP contribution >= 0.6 is 0 Å². The summed E-state index contributed by atoms with van der Waals surface area (Å²) in [6, 6.07) is 0. The Morgan fingerprint density at radius 2 is 2.05 bits per heavy atom. The van der Waals surface area contributed by atoms with E-state index in [1.807, 2.05) is 0 Å². The fourth-order valence-corrected chi connectivity index (χ4v) is 4.73. The zero-order valence-electron chi connectivity index (χ0n) is 12.9. The molecule has 3 atom stereocenters. The highest BCUT2D eigenvalue weighted by atomic mass is 16.6. The number of carbonyl (C=O) groups excluding carboxylic acids is 1. The van der Waals surface area contributed by atoms with Gasteiger partial charge in [-0.3, -0.25) is 4.79 Å². The van der Waals surface area contributed by atoms with Crippen LogP contribution in [0.3, 0.4) is 0 Å². The monoisotopic (exact) mass is 279 g/mol. The van der Waals surface area contributed by atoms with Gasteiger partial charge in [-0.1, -0.05) is 13.3 Å². The van der Waals surface area contributed by atoms with Gasteiger partial charge in [0, 0.05) is 6.54 Å².